The summed E-state index contributed by atoms with van der Waals surface area (Å²) in [5, 5.41) is 3.39. The number of likely N-dealkylation sites (tertiary alicyclic amines) is 1. The first-order valence-electron chi connectivity index (χ1n) is 9.03. The number of guanidine groups is 1. The predicted molar refractivity (Wildman–Crippen MR) is 111 cm³/mol. The van der Waals surface area contributed by atoms with Crippen LogP contribution in [-0.2, 0) is 22.6 Å². The Kier molecular flexibility index (Phi) is 8.09. The molecule has 3 rings (SSSR count). The summed E-state index contributed by atoms with van der Waals surface area (Å²) in [6.07, 6.45) is 2.30. The van der Waals surface area contributed by atoms with Gasteiger partial charge in [0.25, 0.3) is 0 Å². The van der Waals surface area contributed by atoms with Gasteiger partial charge in [-0.15, -0.1) is 24.0 Å². The Morgan fingerprint density at radius 1 is 1.42 bits per heavy atom. The zero-order valence-electron chi connectivity index (χ0n) is 15.6. The van der Waals surface area contributed by atoms with Crippen molar-refractivity contribution in [2.45, 2.75) is 32.9 Å². The molecule has 26 heavy (non-hydrogen) atoms. The third kappa shape index (κ3) is 5.07. The Balaban J connectivity index is 0.00000243. The van der Waals surface area contributed by atoms with Crippen molar-refractivity contribution < 1.29 is 13.9 Å². The lowest BCUT2D eigenvalue weighted by Crippen LogP contribution is -2.41. The summed E-state index contributed by atoms with van der Waals surface area (Å²) in [7, 11) is 1.57. The molecule has 2 fully saturated rings. The van der Waals surface area contributed by atoms with E-state index in [1.54, 1.807) is 13.2 Å². The number of halogens is 2. The van der Waals surface area contributed by atoms with E-state index >= 15 is 0 Å². The van der Waals surface area contributed by atoms with E-state index in [4.69, 9.17) is 14.5 Å². The summed E-state index contributed by atoms with van der Waals surface area (Å²) in [6, 6.07) is 5.12. The average Bonchev–Trinajstić information content (AvgIpc) is 3.25. The monoisotopic (exact) mass is 477 g/mol. The summed E-state index contributed by atoms with van der Waals surface area (Å²) in [6.45, 7) is 7.45. The Morgan fingerprint density at radius 2 is 2.27 bits per heavy atom. The van der Waals surface area contributed by atoms with E-state index in [9.17, 15) is 4.39 Å². The van der Waals surface area contributed by atoms with Crippen molar-refractivity contribution >= 4 is 29.9 Å². The number of ether oxygens (including phenoxy) is 2. The maximum absolute atomic E-state index is 13.7. The summed E-state index contributed by atoms with van der Waals surface area (Å²) < 4.78 is 24.4. The molecule has 2 aliphatic heterocycles. The van der Waals surface area contributed by atoms with Gasteiger partial charge in [0.1, 0.15) is 5.82 Å². The van der Waals surface area contributed by atoms with Crippen LogP contribution in [-0.4, -0.2) is 50.8 Å². The molecule has 1 atom stereocenters. The van der Waals surface area contributed by atoms with Crippen molar-refractivity contribution in [2.24, 2.45) is 10.4 Å². The van der Waals surface area contributed by atoms with Gasteiger partial charge < -0.3 is 19.7 Å². The molecular weight excluding hydrogens is 448 g/mol. The molecule has 0 bridgehead atoms. The number of hydrogen-bond donors (Lipinski definition) is 1. The lowest BCUT2D eigenvalue weighted by atomic mass is 9.87. The zero-order valence-corrected chi connectivity index (χ0v) is 17.9. The smallest absolute Gasteiger partial charge is 0.194 e. The van der Waals surface area contributed by atoms with Gasteiger partial charge in [-0.05, 0) is 37.5 Å². The second-order valence-electron chi connectivity index (χ2n) is 7.00. The SMILES string of the molecule is CCNC(=NCc1ccc(F)c(COC)c1)N1CCC2(CCOC2)C1.I. The first kappa shape index (κ1) is 21.4. The van der Waals surface area contributed by atoms with Gasteiger partial charge in [0.05, 0.1) is 19.8 Å². The van der Waals surface area contributed by atoms with Gasteiger partial charge in [-0.25, -0.2) is 9.38 Å². The molecule has 1 aromatic carbocycles. The number of rotatable bonds is 5. The Hall–Kier alpha value is -0.930. The van der Waals surface area contributed by atoms with Crippen LogP contribution in [0.1, 0.15) is 30.9 Å². The van der Waals surface area contributed by atoms with Crippen LogP contribution >= 0.6 is 24.0 Å². The highest BCUT2D eigenvalue weighted by Gasteiger charge is 2.42. The minimum absolute atomic E-state index is 0. The Bertz CT molecular complexity index is 621. The number of hydrogen-bond acceptors (Lipinski definition) is 3. The molecule has 1 N–H and O–H groups in total. The molecule has 1 unspecified atom stereocenters. The van der Waals surface area contributed by atoms with Crippen LogP contribution in [0.3, 0.4) is 0 Å². The predicted octanol–water partition coefficient (Wildman–Crippen LogP) is 3.17. The number of nitrogens with one attached hydrogen (secondary N) is 1. The molecule has 2 heterocycles. The number of aliphatic imine (C=N–C) groups is 1. The van der Waals surface area contributed by atoms with Crippen LogP contribution in [0.4, 0.5) is 4.39 Å². The highest BCUT2D eigenvalue weighted by Crippen LogP contribution is 2.38. The fourth-order valence-electron chi connectivity index (χ4n) is 3.67. The molecule has 146 valence electrons. The average molecular weight is 477 g/mol. The molecule has 0 aliphatic carbocycles. The normalized spacial score (nSPS) is 22.7. The molecule has 0 radical (unpaired) electrons. The van der Waals surface area contributed by atoms with E-state index in [0.29, 0.717) is 17.5 Å². The second-order valence-corrected chi connectivity index (χ2v) is 7.00. The largest absolute Gasteiger partial charge is 0.381 e. The quantitative estimate of drug-likeness (QED) is 0.402. The van der Waals surface area contributed by atoms with Gasteiger partial charge in [-0.1, -0.05) is 6.07 Å². The van der Waals surface area contributed by atoms with Crippen LogP contribution in [0.2, 0.25) is 0 Å². The topological polar surface area (TPSA) is 46.1 Å². The Labute approximate surface area is 172 Å². The number of methoxy groups -OCH3 is 1. The van der Waals surface area contributed by atoms with E-state index in [0.717, 1.165) is 57.2 Å². The first-order chi connectivity index (χ1) is 12.2. The standard InChI is InChI=1S/C19H28FN3O2.HI/c1-3-21-18(23-8-6-19(13-23)7-9-25-14-19)22-11-15-4-5-17(20)16(10-15)12-24-2;/h4-5,10H,3,6-9,11-14H2,1-2H3,(H,21,22);1H. The molecular formula is C19H29FIN3O2. The lowest BCUT2D eigenvalue weighted by Gasteiger charge is -2.25. The molecule has 0 aromatic heterocycles. The molecule has 1 spiro atoms. The fraction of sp³-hybridized carbons (Fsp3) is 0.632. The van der Waals surface area contributed by atoms with Crippen molar-refractivity contribution in [3.05, 3.63) is 35.1 Å². The van der Waals surface area contributed by atoms with E-state index in [1.807, 2.05) is 6.07 Å². The molecule has 0 saturated carbocycles. The highest BCUT2D eigenvalue weighted by atomic mass is 127. The van der Waals surface area contributed by atoms with Crippen molar-refractivity contribution in [3.8, 4) is 0 Å². The van der Waals surface area contributed by atoms with E-state index < -0.39 is 0 Å². The summed E-state index contributed by atoms with van der Waals surface area (Å²) in [5.74, 6) is 0.702. The second kappa shape index (κ2) is 9.85. The highest BCUT2D eigenvalue weighted by molar-refractivity contribution is 14.0. The van der Waals surface area contributed by atoms with Gasteiger partial charge in [0.15, 0.2) is 5.96 Å². The van der Waals surface area contributed by atoms with Crippen molar-refractivity contribution in [2.75, 3.05) is 40.0 Å². The number of benzene rings is 1. The number of nitrogens with zero attached hydrogens (tertiary/aromatic N) is 2. The van der Waals surface area contributed by atoms with Crippen LogP contribution in [0.15, 0.2) is 23.2 Å². The van der Waals surface area contributed by atoms with Gasteiger partial charge >= 0.3 is 0 Å². The minimum atomic E-state index is -0.232. The summed E-state index contributed by atoms with van der Waals surface area (Å²) in [5.41, 5.74) is 1.86. The summed E-state index contributed by atoms with van der Waals surface area (Å²) in [4.78, 5) is 7.11. The third-order valence-electron chi connectivity index (χ3n) is 5.08. The van der Waals surface area contributed by atoms with Crippen molar-refractivity contribution in [1.29, 1.82) is 0 Å². The van der Waals surface area contributed by atoms with Crippen LogP contribution < -0.4 is 5.32 Å². The molecule has 0 amide bonds. The van der Waals surface area contributed by atoms with Gasteiger partial charge in [0, 0.05) is 44.3 Å². The Morgan fingerprint density at radius 3 is 2.96 bits per heavy atom. The van der Waals surface area contributed by atoms with Crippen LogP contribution in [0.25, 0.3) is 0 Å². The van der Waals surface area contributed by atoms with Gasteiger partial charge in [0.2, 0.25) is 0 Å². The maximum atomic E-state index is 13.7. The van der Waals surface area contributed by atoms with E-state index in [2.05, 4.69) is 17.1 Å². The molecule has 2 saturated heterocycles. The van der Waals surface area contributed by atoms with E-state index in [-0.39, 0.29) is 36.4 Å². The lowest BCUT2D eigenvalue weighted by molar-refractivity contribution is 0.156. The third-order valence-corrected chi connectivity index (χ3v) is 5.08. The zero-order chi connectivity index (χ0) is 17.7. The van der Waals surface area contributed by atoms with Crippen LogP contribution in [0, 0.1) is 11.2 Å². The maximum Gasteiger partial charge on any atom is 0.194 e. The van der Waals surface area contributed by atoms with Crippen molar-refractivity contribution in [3.63, 3.8) is 0 Å². The molecule has 2 aliphatic rings. The van der Waals surface area contributed by atoms with Gasteiger partial charge in [-0.3, -0.25) is 0 Å². The first-order valence-corrected chi connectivity index (χ1v) is 9.03. The van der Waals surface area contributed by atoms with Crippen LogP contribution in [0.5, 0.6) is 0 Å². The molecule has 5 nitrogen and oxygen atoms in total. The summed E-state index contributed by atoms with van der Waals surface area (Å²) >= 11 is 0. The van der Waals surface area contributed by atoms with Crippen molar-refractivity contribution in [1.82, 2.24) is 10.2 Å². The molecule has 7 heteroatoms. The van der Waals surface area contributed by atoms with Gasteiger partial charge in [-0.2, -0.15) is 0 Å². The minimum Gasteiger partial charge on any atom is -0.381 e. The van der Waals surface area contributed by atoms with E-state index in [1.165, 1.54) is 6.07 Å². The fourth-order valence-corrected chi connectivity index (χ4v) is 3.67. The molecule has 1 aromatic rings.